The average molecular weight is 401 g/mol. The third kappa shape index (κ3) is 3.47. The van der Waals surface area contributed by atoms with Gasteiger partial charge >= 0.3 is 0 Å². The first-order chi connectivity index (χ1) is 13.6. The molecule has 3 N–H and O–H groups in total. The highest BCUT2D eigenvalue weighted by molar-refractivity contribution is 7.85. The quantitative estimate of drug-likeness (QED) is 0.671. The maximum absolute atomic E-state index is 12.9. The maximum atomic E-state index is 12.9. The monoisotopic (exact) mass is 400 g/mol. The number of rotatable bonds is 5. The molecule has 4 rings (SSSR count). The second-order valence-corrected chi connectivity index (χ2v) is 8.54. The number of nitrogens with one attached hydrogen (secondary N) is 1. The molecule has 1 fully saturated rings. The van der Waals surface area contributed by atoms with Crippen molar-refractivity contribution >= 4 is 22.4 Å². The van der Waals surface area contributed by atoms with Crippen LogP contribution < -0.4 is 15.8 Å². The van der Waals surface area contributed by atoms with E-state index < -0.39 is 10.8 Å². The zero-order valence-corrected chi connectivity index (χ0v) is 16.8. The Bertz CT molecular complexity index is 1010. The van der Waals surface area contributed by atoms with E-state index in [2.05, 4.69) is 27.3 Å². The van der Waals surface area contributed by atoms with Gasteiger partial charge in [0.2, 0.25) is 11.1 Å². The number of para-hydroxylation sites is 1. The van der Waals surface area contributed by atoms with Crippen molar-refractivity contribution in [3.8, 4) is 5.75 Å². The molecule has 0 bridgehead atoms. The van der Waals surface area contributed by atoms with Gasteiger partial charge in [-0.05, 0) is 32.0 Å². The number of nitrogens with two attached hydrogens (primary N) is 1. The van der Waals surface area contributed by atoms with Crippen molar-refractivity contribution in [2.24, 2.45) is 0 Å². The van der Waals surface area contributed by atoms with Crippen molar-refractivity contribution in [3.63, 3.8) is 0 Å². The predicted molar refractivity (Wildman–Crippen MR) is 108 cm³/mol. The van der Waals surface area contributed by atoms with Crippen LogP contribution in [0.25, 0.3) is 5.65 Å². The van der Waals surface area contributed by atoms with Crippen LogP contribution in [0.1, 0.15) is 36.9 Å². The van der Waals surface area contributed by atoms with E-state index >= 15 is 0 Å². The largest absolute Gasteiger partial charge is 0.496 e. The molecule has 0 radical (unpaired) electrons. The summed E-state index contributed by atoms with van der Waals surface area (Å²) in [6.07, 6.45) is 1.69. The molecule has 148 valence electrons. The number of methoxy groups -OCH3 is 1. The summed E-state index contributed by atoms with van der Waals surface area (Å²) in [6, 6.07) is 9.72. The minimum absolute atomic E-state index is 0.0179. The number of fused-ring (bicyclic) bond motifs is 1. The summed E-state index contributed by atoms with van der Waals surface area (Å²) in [5.41, 5.74) is 8.49. The highest BCUT2D eigenvalue weighted by atomic mass is 32.2. The summed E-state index contributed by atoms with van der Waals surface area (Å²) in [5.74, 6) is 0.982. The van der Waals surface area contributed by atoms with E-state index in [1.54, 1.807) is 7.11 Å². The highest BCUT2D eigenvalue weighted by Gasteiger charge is 2.25. The summed E-state index contributed by atoms with van der Waals surface area (Å²) in [4.78, 5) is 8.79. The third-order valence-electron chi connectivity index (χ3n) is 5.16. The van der Waals surface area contributed by atoms with Crippen LogP contribution in [-0.4, -0.2) is 49.2 Å². The molecule has 0 spiro atoms. The number of ether oxygens (including phenoxy) is 1. The lowest BCUT2D eigenvalue weighted by Crippen LogP contribution is -2.34. The molecule has 8 nitrogen and oxygen atoms in total. The lowest BCUT2D eigenvalue weighted by atomic mass is 9.97. The zero-order chi connectivity index (χ0) is 19.7. The number of nitrogens with zero attached hydrogens (tertiary/aromatic N) is 4. The molecule has 1 aliphatic heterocycles. The first-order valence-electron chi connectivity index (χ1n) is 9.36. The molecule has 1 saturated heterocycles. The van der Waals surface area contributed by atoms with Crippen molar-refractivity contribution in [2.75, 3.05) is 25.9 Å². The maximum Gasteiger partial charge on any atom is 0.225 e. The number of anilines is 1. The van der Waals surface area contributed by atoms with Crippen molar-refractivity contribution in [3.05, 3.63) is 41.6 Å². The van der Waals surface area contributed by atoms with Gasteiger partial charge in [0, 0.05) is 22.8 Å². The minimum atomic E-state index is -1.28. The minimum Gasteiger partial charge on any atom is -0.496 e. The molecule has 3 aromatic rings. The van der Waals surface area contributed by atoms with Gasteiger partial charge in [0.1, 0.15) is 5.75 Å². The van der Waals surface area contributed by atoms with Crippen LogP contribution in [0, 0.1) is 0 Å². The number of benzene rings is 1. The Morgan fingerprint density at radius 1 is 1.29 bits per heavy atom. The van der Waals surface area contributed by atoms with E-state index in [0.717, 1.165) is 42.9 Å². The molecule has 9 heteroatoms. The zero-order valence-electron chi connectivity index (χ0n) is 16.0. The fourth-order valence-corrected chi connectivity index (χ4v) is 4.88. The van der Waals surface area contributed by atoms with E-state index in [-0.39, 0.29) is 22.3 Å². The van der Waals surface area contributed by atoms with Gasteiger partial charge in [0.05, 0.1) is 23.6 Å². The smallest absolute Gasteiger partial charge is 0.225 e. The van der Waals surface area contributed by atoms with E-state index in [9.17, 15) is 4.21 Å². The van der Waals surface area contributed by atoms with Crippen molar-refractivity contribution in [2.45, 2.75) is 36.1 Å². The van der Waals surface area contributed by atoms with Gasteiger partial charge < -0.3 is 15.8 Å². The SMILES string of the molecule is COc1ccccc1[C@H](C)c1cc2nc(S(=O)C3CCNCC3)nc(N)n2n1. The molecule has 0 saturated carbocycles. The number of piperidine rings is 1. The molecule has 1 aromatic carbocycles. The molecule has 0 amide bonds. The second kappa shape index (κ2) is 7.84. The summed E-state index contributed by atoms with van der Waals surface area (Å²) in [6.45, 7) is 3.78. The number of aromatic nitrogens is 4. The Kier molecular flexibility index (Phi) is 5.27. The van der Waals surface area contributed by atoms with E-state index in [1.165, 1.54) is 4.52 Å². The molecule has 0 aliphatic carbocycles. The van der Waals surface area contributed by atoms with Crippen LogP contribution in [0.5, 0.6) is 5.75 Å². The second-order valence-electron chi connectivity index (χ2n) is 6.91. The van der Waals surface area contributed by atoms with Crippen LogP contribution in [0.3, 0.4) is 0 Å². The molecule has 28 heavy (non-hydrogen) atoms. The summed E-state index contributed by atoms with van der Waals surface area (Å²) in [5, 5.41) is 8.20. The lowest BCUT2D eigenvalue weighted by Gasteiger charge is -2.21. The fourth-order valence-electron chi connectivity index (χ4n) is 3.55. The highest BCUT2D eigenvalue weighted by Crippen LogP contribution is 2.31. The topological polar surface area (TPSA) is 107 Å². The van der Waals surface area contributed by atoms with Gasteiger partial charge in [-0.1, -0.05) is 25.1 Å². The lowest BCUT2D eigenvalue weighted by molar-refractivity contribution is 0.408. The Morgan fingerprint density at radius 3 is 2.79 bits per heavy atom. The Labute approximate surface area is 166 Å². The standard InChI is InChI=1S/C19H24N6O2S/c1-12(14-5-3-4-6-16(14)27-2)15-11-17-22-19(23-18(20)25(17)24-15)28(26)13-7-9-21-10-8-13/h3-6,11-13,21H,7-10H2,1-2H3,(H2,20,22,23)/t12-,28?/m0/s1. The van der Waals surface area contributed by atoms with Crippen molar-refractivity contribution in [1.29, 1.82) is 0 Å². The third-order valence-corrected chi connectivity index (χ3v) is 6.78. The molecular formula is C19H24N6O2S. The van der Waals surface area contributed by atoms with Crippen LogP contribution in [0.15, 0.2) is 35.5 Å². The Hall–Kier alpha value is -2.52. The van der Waals surface area contributed by atoms with Crippen LogP contribution in [0.2, 0.25) is 0 Å². The summed E-state index contributed by atoms with van der Waals surface area (Å²) < 4.78 is 19.9. The van der Waals surface area contributed by atoms with Gasteiger partial charge in [0.15, 0.2) is 5.65 Å². The fraction of sp³-hybridized carbons (Fsp3) is 0.421. The van der Waals surface area contributed by atoms with Gasteiger partial charge in [-0.25, -0.2) is 4.98 Å². The summed E-state index contributed by atoms with van der Waals surface area (Å²) >= 11 is 0. The number of nitrogen functional groups attached to an aromatic ring is 1. The van der Waals surface area contributed by atoms with Crippen molar-refractivity contribution < 1.29 is 8.95 Å². The Balaban J connectivity index is 1.69. The molecule has 2 atom stereocenters. The van der Waals surface area contributed by atoms with Gasteiger partial charge in [-0.2, -0.15) is 14.6 Å². The molecule has 1 unspecified atom stereocenters. The number of hydrogen-bond donors (Lipinski definition) is 2. The van der Waals surface area contributed by atoms with Crippen LogP contribution in [-0.2, 0) is 10.8 Å². The van der Waals surface area contributed by atoms with E-state index in [4.69, 9.17) is 10.5 Å². The summed E-state index contributed by atoms with van der Waals surface area (Å²) in [7, 11) is 0.372. The molecular weight excluding hydrogens is 376 g/mol. The van der Waals surface area contributed by atoms with Crippen LogP contribution in [0.4, 0.5) is 5.95 Å². The average Bonchev–Trinajstić information content (AvgIpc) is 3.18. The molecule has 3 heterocycles. The van der Waals surface area contributed by atoms with E-state index in [0.29, 0.717) is 5.65 Å². The first kappa shape index (κ1) is 18.8. The predicted octanol–water partition coefficient (Wildman–Crippen LogP) is 1.73. The Morgan fingerprint density at radius 2 is 2.04 bits per heavy atom. The van der Waals surface area contributed by atoms with Gasteiger partial charge in [-0.15, -0.1) is 0 Å². The molecule has 2 aromatic heterocycles. The van der Waals surface area contributed by atoms with Gasteiger partial charge in [0.25, 0.3) is 0 Å². The molecule has 1 aliphatic rings. The first-order valence-corrected chi connectivity index (χ1v) is 10.6. The van der Waals surface area contributed by atoms with E-state index in [1.807, 2.05) is 30.3 Å². The van der Waals surface area contributed by atoms with Crippen molar-refractivity contribution in [1.82, 2.24) is 24.9 Å². The van der Waals surface area contributed by atoms with Crippen LogP contribution >= 0.6 is 0 Å². The normalized spacial score (nSPS) is 17.5. The van der Waals surface area contributed by atoms with Gasteiger partial charge in [-0.3, -0.25) is 4.21 Å². The number of hydrogen-bond acceptors (Lipinski definition) is 7.